The topological polar surface area (TPSA) is 62.7 Å². The van der Waals surface area contributed by atoms with Crippen LogP contribution < -0.4 is 0 Å². The van der Waals surface area contributed by atoms with Crippen LogP contribution in [-0.4, -0.2) is 39.8 Å². The minimum Gasteiger partial charge on any atom is -0.445 e. The first kappa shape index (κ1) is 16.2. The predicted octanol–water partition coefficient (Wildman–Crippen LogP) is 2.87. The first-order chi connectivity index (χ1) is 11.7. The molecule has 2 unspecified atom stereocenters. The van der Waals surface area contributed by atoms with Gasteiger partial charge in [0, 0.05) is 6.20 Å². The van der Waals surface area contributed by atoms with Crippen molar-refractivity contribution in [1.29, 1.82) is 0 Å². The number of carbonyl (C=O) groups is 1. The number of rotatable bonds is 4. The van der Waals surface area contributed by atoms with E-state index in [9.17, 15) is 9.90 Å². The molecule has 1 amide bonds. The second kappa shape index (κ2) is 7.75. The Balaban J connectivity index is 1.62. The summed E-state index contributed by atoms with van der Waals surface area (Å²) in [6.07, 6.45) is 5.03. The molecule has 0 aliphatic carbocycles. The molecule has 24 heavy (non-hydrogen) atoms. The molecular formula is C19H20N2O3. The zero-order chi connectivity index (χ0) is 16.8. The molecule has 0 saturated carbocycles. The fraction of sp³-hybridized carbons (Fsp3) is 0.263. The largest absolute Gasteiger partial charge is 0.445 e. The monoisotopic (exact) mass is 324 g/mol. The number of pyridine rings is 1. The highest BCUT2D eigenvalue weighted by molar-refractivity contribution is 5.69. The van der Waals surface area contributed by atoms with Gasteiger partial charge in [-0.05, 0) is 30.2 Å². The summed E-state index contributed by atoms with van der Waals surface area (Å²) in [4.78, 5) is 18.1. The molecule has 0 radical (unpaired) electrons. The number of hydrogen-bond donors (Lipinski definition) is 1. The van der Waals surface area contributed by atoms with Crippen molar-refractivity contribution in [2.24, 2.45) is 0 Å². The van der Waals surface area contributed by atoms with E-state index >= 15 is 0 Å². The third-order valence-electron chi connectivity index (χ3n) is 3.94. The van der Waals surface area contributed by atoms with E-state index in [0.717, 1.165) is 11.3 Å². The van der Waals surface area contributed by atoms with E-state index in [0.29, 0.717) is 6.42 Å². The molecule has 5 nitrogen and oxygen atoms in total. The molecular weight excluding hydrogens is 304 g/mol. The predicted molar refractivity (Wildman–Crippen MR) is 91.0 cm³/mol. The lowest BCUT2D eigenvalue weighted by molar-refractivity contribution is 0.0920. The van der Waals surface area contributed by atoms with Gasteiger partial charge >= 0.3 is 6.09 Å². The number of amides is 1. The standard InChI is InChI=1S/C19H20N2O3/c22-18-12-17(10-9-16-8-4-5-11-20-16)21(13-18)19(23)24-14-15-6-2-1-3-7-15/h1-11,17-18,22H,12-14H2. The maximum absolute atomic E-state index is 12.3. The molecule has 0 bridgehead atoms. The molecule has 2 heterocycles. The first-order valence-electron chi connectivity index (χ1n) is 7.97. The molecule has 124 valence electrons. The average Bonchev–Trinajstić information content (AvgIpc) is 3.00. The van der Waals surface area contributed by atoms with Crippen molar-refractivity contribution < 1.29 is 14.6 Å². The third-order valence-corrected chi connectivity index (χ3v) is 3.94. The molecule has 2 atom stereocenters. The molecule has 5 heteroatoms. The van der Waals surface area contributed by atoms with Crippen LogP contribution in [0.25, 0.3) is 6.08 Å². The molecule has 1 fully saturated rings. The van der Waals surface area contributed by atoms with Gasteiger partial charge in [-0.15, -0.1) is 0 Å². The van der Waals surface area contributed by atoms with Crippen LogP contribution in [0.15, 0.2) is 60.8 Å². The number of aliphatic hydroxyl groups excluding tert-OH is 1. The Hall–Kier alpha value is -2.66. The van der Waals surface area contributed by atoms with Crippen molar-refractivity contribution in [3.05, 3.63) is 72.1 Å². The second-order valence-corrected chi connectivity index (χ2v) is 5.76. The number of hydrogen-bond acceptors (Lipinski definition) is 4. The van der Waals surface area contributed by atoms with Gasteiger partial charge in [0.25, 0.3) is 0 Å². The molecule has 1 saturated heterocycles. The Morgan fingerprint density at radius 2 is 2.04 bits per heavy atom. The van der Waals surface area contributed by atoms with Crippen molar-refractivity contribution in [3.63, 3.8) is 0 Å². The molecule has 3 rings (SSSR count). The lowest BCUT2D eigenvalue weighted by Crippen LogP contribution is -2.35. The Kier molecular flexibility index (Phi) is 5.23. The highest BCUT2D eigenvalue weighted by atomic mass is 16.6. The SMILES string of the molecule is O=C(OCc1ccccc1)N1CC(O)CC1C=Cc1ccccn1. The van der Waals surface area contributed by atoms with E-state index in [2.05, 4.69) is 4.98 Å². The van der Waals surface area contributed by atoms with Crippen LogP contribution in [0.1, 0.15) is 17.7 Å². The summed E-state index contributed by atoms with van der Waals surface area (Å²) in [6.45, 7) is 0.508. The zero-order valence-corrected chi connectivity index (χ0v) is 13.3. The minimum atomic E-state index is -0.535. The Morgan fingerprint density at radius 3 is 2.79 bits per heavy atom. The van der Waals surface area contributed by atoms with Gasteiger partial charge in [-0.25, -0.2) is 4.79 Å². The Morgan fingerprint density at radius 1 is 1.25 bits per heavy atom. The maximum Gasteiger partial charge on any atom is 0.410 e. The van der Waals surface area contributed by atoms with Crippen LogP contribution >= 0.6 is 0 Å². The first-order valence-corrected chi connectivity index (χ1v) is 7.97. The number of nitrogens with zero attached hydrogens (tertiary/aromatic N) is 2. The van der Waals surface area contributed by atoms with E-state index in [-0.39, 0.29) is 19.2 Å². The molecule has 0 spiro atoms. The summed E-state index contributed by atoms with van der Waals surface area (Å²) in [5, 5.41) is 9.90. The average molecular weight is 324 g/mol. The molecule has 1 aromatic carbocycles. The fourth-order valence-corrected chi connectivity index (χ4v) is 2.72. The molecule has 1 aromatic heterocycles. The van der Waals surface area contributed by atoms with Crippen molar-refractivity contribution in [2.75, 3.05) is 6.54 Å². The molecule has 1 N–H and O–H groups in total. The van der Waals surface area contributed by atoms with E-state index in [1.54, 1.807) is 11.1 Å². The fourth-order valence-electron chi connectivity index (χ4n) is 2.72. The summed E-state index contributed by atoms with van der Waals surface area (Å²) in [6, 6.07) is 15.0. The zero-order valence-electron chi connectivity index (χ0n) is 13.3. The van der Waals surface area contributed by atoms with Gasteiger partial charge in [-0.2, -0.15) is 0 Å². The van der Waals surface area contributed by atoms with Crippen LogP contribution in [0.2, 0.25) is 0 Å². The Labute approximate surface area is 141 Å². The quantitative estimate of drug-likeness (QED) is 0.939. The number of carbonyl (C=O) groups excluding carboxylic acids is 1. The lowest BCUT2D eigenvalue weighted by Gasteiger charge is -2.21. The lowest BCUT2D eigenvalue weighted by atomic mass is 10.1. The Bertz CT molecular complexity index is 688. The summed E-state index contributed by atoms with van der Waals surface area (Å²) in [5.74, 6) is 0. The van der Waals surface area contributed by atoms with Crippen molar-refractivity contribution in [2.45, 2.75) is 25.2 Å². The van der Waals surface area contributed by atoms with E-state index in [4.69, 9.17) is 4.74 Å². The van der Waals surface area contributed by atoms with Crippen molar-refractivity contribution >= 4 is 12.2 Å². The molecule has 1 aliphatic heterocycles. The van der Waals surface area contributed by atoms with Crippen molar-refractivity contribution in [3.8, 4) is 0 Å². The summed E-state index contributed by atoms with van der Waals surface area (Å²) < 4.78 is 5.37. The summed E-state index contributed by atoms with van der Waals surface area (Å²) in [7, 11) is 0. The smallest absolute Gasteiger partial charge is 0.410 e. The molecule has 2 aromatic rings. The summed E-state index contributed by atoms with van der Waals surface area (Å²) >= 11 is 0. The van der Waals surface area contributed by atoms with E-state index < -0.39 is 12.2 Å². The second-order valence-electron chi connectivity index (χ2n) is 5.76. The maximum atomic E-state index is 12.3. The third kappa shape index (κ3) is 4.20. The highest BCUT2D eigenvalue weighted by Gasteiger charge is 2.33. The van der Waals surface area contributed by atoms with Gasteiger partial charge in [0.05, 0.1) is 24.4 Å². The van der Waals surface area contributed by atoms with Gasteiger partial charge < -0.3 is 9.84 Å². The number of ether oxygens (including phenoxy) is 1. The van der Waals surface area contributed by atoms with Crippen LogP contribution in [-0.2, 0) is 11.3 Å². The van der Waals surface area contributed by atoms with Crippen LogP contribution in [0.3, 0.4) is 0 Å². The van der Waals surface area contributed by atoms with Gasteiger partial charge in [0.15, 0.2) is 0 Å². The number of aliphatic hydroxyl groups is 1. The number of aromatic nitrogens is 1. The highest BCUT2D eigenvalue weighted by Crippen LogP contribution is 2.21. The normalized spacial score (nSPS) is 20.5. The number of likely N-dealkylation sites (tertiary alicyclic amines) is 1. The minimum absolute atomic E-state index is 0.190. The van der Waals surface area contributed by atoms with Gasteiger partial charge in [-0.1, -0.05) is 42.5 Å². The van der Waals surface area contributed by atoms with Crippen LogP contribution in [0.5, 0.6) is 0 Å². The van der Waals surface area contributed by atoms with Crippen LogP contribution in [0.4, 0.5) is 4.79 Å². The molecule has 1 aliphatic rings. The van der Waals surface area contributed by atoms with Crippen LogP contribution in [0, 0.1) is 0 Å². The van der Waals surface area contributed by atoms with Gasteiger partial charge in [0.1, 0.15) is 6.61 Å². The number of β-amino-alcohol motifs (C(OH)–C–C–N with tert-alkyl or cyclic N) is 1. The number of benzene rings is 1. The van der Waals surface area contributed by atoms with E-state index in [1.165, 1.54) is 0 Å². The van der Waals surface area contributed by atoms with Crippen molar-refractivity contribution in [1.82, 2.24) is 9.88 Å². The van der Waals surface area contributed by atoms with E-state index in [1.807, 2.05) is 60.7 Å². The van der Waals surface area contributed by atoms with Gasteiger partial charge in [-0.3, -0.25) is 9.88 Å². The summed E-state index contributed by atoms with van der Waals surface area (Å²) in [5.41, 5.74) is 1.75. The van der Waals surface area contributed by atoms with Gasteiger partial charge in [0.2, 0.25) is 0 Å².